The number of benzene rings is 2. The number of carbonyl (C=O) groups excluding carboxylic acids is 1. The molecule has 0 radical (unpaired) electrons. The number of amides is 1. The van der Waals surface area contributed by atoms with Gasteiger partial charge < -0.3 is 20.5 Å². The smallest absolute Gasteiger partial charge is 0.224 e. The lowest BCUT2D eigenvalue weighted by molar-refractivity contribution is -0.115. The number of phenols is 1. The lowest BCUT2D eigenvalue weighted by Gasteiger charge is -2.37. The Bertz CT molecular complexity index is 906. The van der Waals surface area contributed by atoms with Crippen LogP contribution in [-0.2, 0) is 4.79 Å². The summed E-state index contributed by atoms with van der Waals surface area (Å²) >= 11 is 0. The molecule has 5 heteroatoms. The lowest BCUT2D eigenvalue weighted by atomic mass is 9.77. The van der Waals surface area contributed by atoms with Gasteiger partial charge >= 0.3 is 0 Å². The van der Waals surface area contributed by atoms with Crippen molar-refractivity contribution in [3.8, 4) is 11.5 Å². The molecular formula is C22H24N2O3. The molecule has 2 aromatic carbocycles. The summed E-state index contributed by atoms with van der Waals surface area (Å²) in [4.78, 5) is 11.7. The fourth-order valence-corrected chi connectivity index (χ4v) is 4.15. The van der Waals surface area contributed by atoms with E-state index in [0.717, 1.165) is 23.4 Å². The van der Waals surface area contributed by atoms with E-state index in [-0.39, 0.29) is 23.6 Å². The van der Waals surface area contributed by atoms with Gasteiger partial charge in [-0.05, 0) is 53.8 Å². The van der Waals surface area contributed by atoms with Crippen LogP contribution in [0.3, 0.4) is 0 Å². The molecule has 0 saturated carbocycles. The highest BCUT2D eigenvalue weighted by atomic mass is 16.5. The number of hydrogen-bond donors (Lipinski definition) is 3. The van der Waals surface area contributed by atoms with Gasteiger partial charge in [-0.3, -0.25) is 4.79 Å². The number of rotatable bonds is 4. The Morgan fingerprint density at radius 1 is 1.30 bits per heavy atom. The van der Waals surface area contributed by atoms with Crippen LogP contribution in [0.2, 0.25) is 0 Å². The van der Waals surface area contributed by atoms with Gasteiger partial charge in [0.2, 0.25) is 5.91 Å². The molecule has 5 nitrogen and oxygen atoms in total. The van der Waals surface area contributed by atoms with Gasteiger partial charge in [0, 0.05) is 23.7 Å². The maximum Gasteiger partial charge on any atom is 0.224 e. The van der Waals surface area contributed by atoms with Crippen molar-refractivity contribution in [2.45, 2.75) is 31.7 Å². The first-order valence-electron chi connectivity index (χ1n) is 9.34. The van der Waals surface area contributed by atoms with Gasteiger partial charge in [0.15, 0.2) is 11.5 Å². The maximum absolute atomic E-state index is 11.7. The summed E-state index contributed by atoms with van der Waals surface area (Å²) in [5.41, 5.74) is 4.15. The monoisotopic (exact) mass is 364 g/mol. The Hall–Kier alpha value is -2.95. The lowest BCUT2D eigenvalue weighted by Crippen LogP contribution is -2.29. The molecule has 1 heterocycles. The molecular weight excluding hydrogens is 340 g/mol. The largest absolute Gasteiger partial charge is 0.504 e. The molecule has 140 valence electrons. The molecule has 0 spiro atoms. The van der Waals surface area contributed by atoms with Crippen molar-refractivity contribution in [3.05, 3.63) is 59.7 Å². The summed E-state index contributed by atoms with van der Waals surface area (Å²) in [6, 6.07) is 11.7. The third kappa shape index (κ3) is 3.14. The Balaban J connectivity index is 1.68. The van der Waals surface area contributed by atoms with Gasteiger partial charge in [-0.2, -0.15) is 0 Å². The van der Waals surface area contributed by atoms with Gasteiger partial charge in [0.05, 0.1) is 13.2 Å². The number of anilines is 2. The van der Waals surface area contributed by atoms with Crippen LogP contribution in [-0.4, -0.2) is 18.1 Å². The zero-order chi connectivity index (χ0) is 19.0. The van der Waals surface area contributed by atoms with Crippen molar-refractivity contribution in [2.75, 3.05) is 17.7 Å². The second-order valence-electron chi connectivity index (χ2n) is 7.11. The molecule has 27 heavy (non-hydrogen) atoms. The molecule has 1 aliphatic heterocycles. The highest BCUT2D eigenvalue weighted by molar-refractivity contribution is 5.91. The minimum atomic E-state index is 0.0174. The average molecular weight is 364 g/mol. The van der Waals surface area contributed by atoms with E-state index in [1.54, 1.807) is 13.2 Å². The second-order valence-corrected chi connectivity index (χ2v) is 7.11. The summed E-state index contributed by atoms with van der Waals surface area (Å²) < 4.78 is 5.17. The van der Waals surface area contributed by atoms with Gasteiger partial charge in [-0.25, -0.2) is 0 Å². The summed E-state index contributed by atoms with van der Waals surface area (Å²) in [6.07, 6.45) is 5.91. The van der Waals surface area contributed by atoms with Crippen molar-refractivity contribution in [3.63, 3.8) is 0 Å². The average Bonchev–Trinajstić information content (AvgIpc) is 3.17. The number of nitrogens with one attached hydrogen (secondary N) is 2. The first kappa shape index (κ1) is 17.5. The van der Waals surface area contributed by atoms with E-state index in [1.165, 1.54) is 5.56 Å². The van der Waals surface area contributed by atoms with Gasteiger partial charge in [-0.1, -0.05) is 25.1 Å². The van der Waals surface area contributed by atoms with E-state index in [9.17, 15) is 9.90 Å². The van der Waals surface area contributed by atoms with Crippen molar-refractivity contribution in [2.24, 2.45) is 5.92 Å². The zero-order valence-electron chi connectivity index (χ0n) is 15.5. The van der Waals surface area contributed by atoms with E-state index >= 15 is 0 Å². The molecule has 2 aromatic rings. The van der Waals surface area contributed by atoms with Gasteiger partial charge in [-0.15, -0.1) is 0 Å². The van der Waals surface area contributed by atoms with E-state index in [4.69, 9.17) is 4.74 Å². The standard InChI is InChI=1S/C22H24N2O3/c1-3-21(26)23-14-8-9-18-17(12-14)15-5-4-6-16(15)22(24-18)13-7-10-20(27-2)19(25)11-13/h4-5,7-12,15-16,22,24-25H,3,6H2,1-2H3,(H,23,26). The number of aromatic hydroxyl groups is 1. The van der Waals surface area contributed by atoms with Crippen molar-refractivity contribution < 1.29 is 14.6 Å². The Labute approximate surface area is 159 Å². The molecule has 4 rings (SSSR count). The van der Waals surface area contributed by atoms with Crippen LogP contribution in [0.1, 0.15) is 42.9 Å². The summed E-state index contributed by atoms with van der Waals surface area (Å²) in [5, 5.41) is 16.8. The zero-order valence-corrected chi connectivity index (χ0v) is 15.5. The molecule has 0 fully saturated rings. The van der Waals surface area contributed by atoms with E-state index in [1.807, 2.05) is 31.2 Å². The SMILES string of the molecule is CCC(=O)Nc1ccc2c(c1)C1C=CCC1C(c1ccc(OC)c(O)c1)N2. The Morgan fingerprint density at radius 2 is 2.15 bits per heavy atom. The number of phenolic OH excluding ortho intramolecular Hbond substituents is 1. The normalized spacial score (nSPS) is 22.5. The van der Waals surface area contributed by atoms with Crippen LogP contribution < -0.4 is 15.4 Å². The molecule has 3 atom stereocenters. The summed E-state index contributed by atoms with van der Waals surface area (Å²) in [5.74, 6) is 1.30. The molecule has 1 amide bonds. The number of allylic oxidation sites excluding steroid dienone is 2. The highest BCUT2D eigenvalue weighted by Gasteiger charge is 2.38. The molecule has 0 saturated heterocycles. The van der Waals surface area contributed by atoms with E-state index < -0.39 is 0 Å². The third-order valence-corrected chi connectivity index (χ3v) is 5.53. The predicted octanol–water partition coefficient (Wildman–Crippen LogP) is 4.58. The highest BCUT2D eigenvalue weighted by Crippen LogP contribution is 2.50. The number of hydrogen-bond acceptors (Lipinski definition) is 4. The first-order chi connectivity index (χ1) is 13.1. The number of fused-ring (bicyclic) bond motifs is 3. The van der Waals surface area contributed by atoms with Gasteiger partial charge in [0.1, 0.15) is 0 Å². The summed E-state index contributed by atoms with van der Waals surface area (Å²) in [7, 11) is 1.55. The molecule has 3 N–H and O–H groups in total. The topological polar surface area (TPSA) is 70.6 Å². The van der Waals surface area contributed by atoms with Crippen LogP contribution in [0.4, 0.5) is 11.4 Å². The van der Waals surface area contributed by atoms with Crippen LogP contribution in [0.15, 0.2) is 48.6 Å². The van der Waals surface area contributed by atoms with Crippen molar-refractivity contribution >= 4 is 17.3 Å². The van der Waals surface area contributed by atoms with Crippen LogP contribution in [0, 0.1) is 5.92 Å². The van der Waals surface area contributed by atoms with Crippen molar-refractivity contribution in [1.82, 2.24) is 0 Å². The van der Waals surface area contributed by atoms with Crippen LogP contribution in [0.5, 0.6) is 11.5 Å². The Morgan fingerprint density at radius 3 is 2.89 bits per heavy atom. The second kappa shape index (κ2) is 6.99. The molecule has 1 aliphatic carbocycles. The maximum atomic E-state index is 11.7. The summed E-state index contributed by atoms with van der Waals surface area (Å²) in [6.45, 7) is 1.85. The Kier molecular flexibility index (Phi) is 4.52. The fourth-order valence-electron chi connectivity index (χ4n) is 4.15. The number of ether oxygens (including phenoxy) is 1. The molecule has 0 aromatic heterocycles. The molecule has 2 aliphatic rings. The molecule has 3 unspecified atom stereocenters. The first-order valence-corrected chi connectivity index (χ1v) is 9.34. The quantitative estimate of drug-likeness (QED) is 0.695. The predicted molar refractivity (Wildman–Crippen MR) is 106 cm³/mol. The minimum absolute atomic E-state index is 0.0174. The third-order valence-electron chi connectivity index (χ3n) is 5.53. The van der Waals surface area contributed by atoms with Crippen LogP contribution in [0.25, 0.3) is 0 Å². The van der Waals surface area contributed by atoms with Crippen molar-refractivity contribution in [1.29, 1.82) is 0 Å². The minimum Gasteiger partial charge on any atom is -0.504 e. The number of methoxy groups -OCH3 is 1. The fraction of sp³-hybridized carbons (Fsp3) is 0.318. The molecule has 0 bridgehead atoms. The van der Waals surface area contributed by atoms with Gasteiger partial charge in [0.25, 0.3) is 0 Å². The van der Waals surface area contributed by atoms with E-state index in [0.29, 0.717) is 18.1 Å². The number of carbonyl (C=O) groups is 1. The van der Waals surface area contributed by atoms with E-state index in [2.05, 4.69) is 28.9 Å². The van der Waals surface area contributed by atoms with Crippen LogP contribution >= 0.6 is 0 Å².